The molecule has 0 fully saturated rings. The molecule has 1 unspecified atom stereocenters. The van der Waals surface area contributed by atoms with Crippen LogP contribution in [-0.2, 0) is 25.7 Å². The fourth-order valence-electron chi connectivity index (χ4n) is 2.41. The fraction of sp³-hybridized carbons (Fsp3) is 0.235. The van der Waals surface area contributed by atoms with Crippen molar-refractivity contribution in [2.45, 2.75) is 19.2 Å². The Balaban J connectivity index is 2.38. The van der Waals surface area contributed by atoms with Gasteiger partial charge in [-0.25, -0.2) is 17.2 Å². The summed E-state index contributed by atoms with van der Waals surface area (Å²) < 4.78 is 97.7. The van der Waals surface area contributed by atoms with Crippen LogP contribution in [0.2, 0.25) is 5.02 Å². The van der Waals surface area contributed by atoms with Crippen LogP contribution in [0.5, 0.6) is 0 Å². The topological polar surface area (TPSA) is 72.5 Å². The second-order valence-electron chi connectivity index (χ2n) is 5.87. The van der Waals surface area contributed by atoms with Crippen molar-refractivity contribution < 1.29 is 39.9 Å². The van der Waals surface area contributed by atoms with E-state index in [0.29, 0.717) is 12.1 Å². The highest BCUT2D eigenvalue weighted by atomic mass is 35.5. The molecule has 12 heteroatoms. The second-order valence-corrected chi connectivity index (χ2v) is 8.08. The molecule has 2 aromatic rings. The van der Waals surface area contributed by atoms with Crippen molar-refractivity contribution in [1.29, 1.82) is 0 Å². The van der Waals surface area contributed by atoms with E-state index < -0.39 is 56.9 Å². The molecule has 1 atom stereocenters. The summed E-state index contributed by atoms with van der Waals surface area (Å²) in [5.74, 6) is -4.16. The van der Waals surface area contributed by atoms with Gasteiger partial charge in [0.05, 0.1) is 11.3 Å². The van der Waals surface area contributed by atoms with Crippen molar-refractivity contribution in [3.8, 4) is 0 Å². The number of hydrogen-bond acceptors (Lipinski definition) is 4. The van der Waals surface area contributed by atoms with Crippen LogP contribution in [0.4, 0.5) is 27.6 Å². The van der Waals surface area contributed by atoms with E-state index in [0.717, 1.165) is 31.2 Å². The molecule has 1 N–H and O–H groups in total. The van der Waals surface area contributed by atoms with E-state index in [1.807, 2.05) is 0 Å². The van der Waals surface area contributed by atoms with Crippen LogP contribution in [-0.4, -0.2) is 20.1 Å². The number of sulfonamides is 1. The number of esters is 1. The molecule has 2 rings (SSSR count). The second kappa shape index (κ2) is 8.54. The third-order valence-corrected chi connectivity index (χ3v) is 5.00. The van der Waals surface area contributed by atoms with E-state index in [1.54, 1.807) is 4.72 Å². The first-order valence-electron chi connectivity index (χ1n) is 7.77. The molecule has 158 valence electrons. The van der Waals surface area contributed by atoms with Crippen LogP contribution in [0, 0.1) is 11.6 Å². The number of alkyl halides is 3. The summed E-state index contributed by atoms with van der Waals surface area (Å²) in [6, 6.07) is 4.39. The number of anilines is 1. The van der Waals surface area contributed by atoms with E-state index >= 15 is 0 Å². The largest absolute Gasteiger partial charge is 0.457 e. The summed E-state index contributed by atoms with van der Waals surface area (Å²) in [4.78, 5) is 11.3. The maximum atomic E-state index is 13.4. The number of benzene rings is 2. The molecule has 0 aromatic heterocycles. The van der Waals surface area contributed by atoms with E-state index in [2.05, 4.69) is 0 Å². The smallest absolute Gasteiger partial charge is 0.418 e. The van der Waals surface area contributed by atoms with Gasteiger partial charge in [0.25, 0.3) is 0 Å². The number of ether oxygens (including phenoxy) is 1. The molecule has 0 aliphatic heterocycles. The van der Waals surface area contributed by atoms with E-state index in [4.69, 9.17) is 16.3 Å². The summed E-state index contributed by atoms with van der Waals surface area (Å²) in [5.41, 5.74) is -2.47. The average molecular weight is 458 g/mol. The normalized spacial score (nSPS) is 13.1. The van der Waals surface area contributed by atoms with Gasteiger partial charge in [-0.2, -0.15) is 13.2 Å². The van der Waals surface area contributed by atoms with Gasteiger partial charge in [0, 0.05) is 18.0 Å². The lowest BCUT2D eigenvalue weighted by atomic mass is 10.1. The molecular weight excluding hydrogens is 445 g/mol. The first-order chi connectivity index (χ1) is 13.3. The number of carbonyl (C=O) groups excluding carboxylic acids is 1. The predicted octanol–water partition coefficient (Wildman–Crippen LogP) is 4.68. The zero-order valence-corrected chi connectivity index (χ0v) is 16.1. The fourth-order valence-corrected chi connectivity index (χ4v) is 3.84. The van der Waals surface area contributed by atoms with Gasteiger partial charge in [-0.3, -0.25) is 9.52 Å². The van der Waals surface area contributed by atoms with Crippen molar-refractivity contribution in [2.75, 3.05) is 10.5 Å². The van der Waals surface area contributed by atoms with Gasteiger partial charge in [-0.15, -0.1) is 0 Å². The Hall–Kier alpha value is -2.40. The highest BCUT2D eigenvalue weighted by Gasteiger charge is 2.35. The molecule has 0 aliphatic carbocycles. The maximum absolute atomic E-state index is 13.4. The van der Waals surface area contributed by atoms with Crippen molar-refractivity contribution in [1.82, 2.24) is 0 Å². The Morgan fingerprint density at radius 1 is 1.14 bits per heavy atom. The summed E-state index contributed by atoms with van der Waals surface area (Å²) in [7, 11) is -4.56. The number of nitrogens with one attached hydrogen (secondary N) is 1. The number of hydrogen-bond donors (Lipinski definition) is 1. The van der Waals surface area contributed by atoms with Gasteiger partial charge in [0.15, 0.2) is 0 Å². The number of halogens is 6. The Morgan fingerprint density at radius 3 is 2.24 bits per heavy atom. The third kappa shape index (κ3) is 6.57. The van der Waals surface area contributed by atoms with Gasteiger partial charge >= 0.3 is 12.1 Å². The van der Waals surface area contributed by atoms with E-state index in [9.17, 15) is 35.2 Å². The lowest BCUT2D eigenvalue weighted by Gasteiger charge is -2.20. The standard InChI is InChI=1S/C17H13ClF5NO4S/c1-9(25)28-16(10-4-12(19)7-13(20)5-10)8-29(26,27)24-15-3-2-11(18)6-14(15)17(21,22)23/h2-7,16,24H,8H2,1H3. The SMILES string of the molecule is CC(=O)OC(CS(=O)(=O)Nc1ccc(Cl)cc1C(F)(F)F)c1cc(F)cc(F)c1. The molecule has 0 saturated heterocycles. The zero-order chi connectivity index (χ0) is 22.0. The molecular formula is C17H13ClF5NO4S. The summed E-state index contributed by atoms with van der Waals surface area (Å²) in [6.07, 6.45) is -6.58. The monoisotopic (exact) mass is 457 g/mol. The molecule has 0 saturated carbocycles. The van der Waals surface area contributed by atoms with Gasteiger partial charge in [0.1, 0.15) is 23.5 Å². The van der Waals surface area contributed by atoms with Crippen LogP contribution in [0.15, 0.2) is 36.4 Å². The minimum Gasteiger partial charge on any atom is -0.457 e. The Bertz CT molecular complexity index is 1010. The van der Waals surface area contributed by atoms with Crippen molar-refractivity contribution in [3.63, 3.8) is 0 Å². The lowest BCUT2D eigenvalue weighted by Crippen LogP contribution is -2.26. The molecule has 0 bridgehead atoms. The highest BCUT2D eigenvalue weighted by molar-refractivity contribution is 7.92. The number of rotatable bonds is 6. The average Bonchev–Trinajstić information content (AvgIpc) is 2.53. The molecule has 5 nitrogen and oxygen atoms in total. The molecule has 0 amide bonds. The van der Waals surface area contributed by atoms with Crippen LogP contribution >= 0.6 is 11.6 Å². The molecule has 29 heavy (non-hydrogen) atoms. The van der Waals surface area contributed by atoms with Gasteiger partial charge < -0.3 is 4.74 Å². The summed E-state index contributed by atoms with van der Waals surface area (Å²) in [5, 5.41) is -0.270. The van der Waals surface area contributed by atoms with Gasteiger partial charge in [0.2, 0.25) is 10.0 Å². The van der Waals surface area contributed by atoms with E-state index in [1.165, 1.54) is 0 Å². The zero-order valence-electron chi connectivity index (χ0n) is 14.6. The summed E-state index contributed by atoms with van der Waals surface area (Å²) in [6.45, 7) is 0.934. The quantitative estimate of drug-likeness (QED) is 0.505. The Labute approximate surface area is 167 Å². The van der Waals surface area contributed by atoms with Gasteiger partial charge in [-0.1, -0.05) is 11.6 Å². The summed E-state index contributed by atoms with van der Waals surface area (Å²) >= 11 is 5.54. The predicted molar refractivity (Wildman–Crippen MR) is 94.7 cm³/mol. The Kier molecular flexibility index (Phi) is 6.74. The molecule has 0 radical (unpaired) electrons. The first-order valence-corrected chi connectivity index (χ1v) is 9.80. The van der Waals surface area contributed by atoms with Crippen molar-refractivity contribution in [2.24, 2.45) is 0 Å². The first kappa shape index (κ1) is 22.9. The van der Waals surface area contributed by atoms with Crippen LogP contribution < -0.4 is 4.72 Å². The third-order valence-electron chi connectivity index (χ3n) is 3.49. The van der Waals surface area contributed by atoms with Crippen molar-refractivity contribution in [3.05, 3.63) is 64.2 Å². The van der Waals surface area contributed by atoms with Crippen LogP contribution in [0.1, 0.15) is 24.2 Å². The highest BCUT2D eigenvalue weighted by Crippen LogP contribution is 2.37. The number of carbonyl (C=O) groups is 1. The Morgan fingerprint density at radius 2 is 1.72 bits per heavy atom. The minimum atomic E-state index is -4.91. The van der Waals surface area contributed by atoms with E-state index in [-0.39, 0.29) is 10.6 Å². The minimum absolute atomic E-state index is 0.270. The molecule has 0 spiro atoms. The lowest BCUT2D eigenvalue weighted by molar-refractivity contribution is -0.145. The molecule has 0 aliphatic rings. The van der Waals surface area contributed by atoms with Gasteiger partial charge in [-0.05, 0) is 35.9 Å². The maximum Gasteiger partial charge on any atom is 0.418 e. The van der Waals surface area contributed by atoms with Crippen LogP contribution in [0.3, 0.4) is 0 Å². The molecule has 0 heterocycles. The van der Waals surface area contributed by atoms with Crippen molar-refractivity contribution >= 4 is 33.3 Å². The van der Waals surface area contributed by atoms with Crippen LogP contribution in [0.25, 0.3) is 0 Å². The molecule has 2 aromatic carbocycles.